The molecule has 6 heteroatoms. The van der Waals surface area contributed by atoms with E-state index < -0.39 is 0 Å². The van der Waals surface area contributed by atoms with Crippen LogP contribution in [0, 0.1) is 6.92 Å². The van der Waals surface area contributed by atoms with E-state index in [-0.39, 0.29) is 18.3 Å². The van der Waals surface area contributed by atoms with Crippen LogP contribution < -0.4 is 10.1 Å². The molecule has 0 saturated heterocycles. The maximum atomic E-state index is 12.3. The fraction of sp³-hybridized carbons (Fsp3) is 0.105. The molecule has 0 fully saturated rings. The van der Waals surface area contributed by atoms with E-state index in [2.05, 4.69) is 10.3 Å². The SMILES string of the molecule is Cc1csc(NC(=O)COc2ccc(C(=O)c3ccccc3)cc2)n1. The minimum absolute atomic E-state index is 0.0518. The highest BCUT2D eigenvalue weighted by Gasteiger charge is 2.09. The van der Waals surface area contributed by atoms with Crippen LogP contribution in [-0.2, 0) is 4.79 Å². The average molecular weight is 352 g/mol. The standard InChI is InChI=1S/C19H16N2O3S/c1-13-12-25-19(20-13)21-17(22)11-24-16-9-7-15(8-10-16)18(23)14-5-3-2-4-6-14/h2-10,12H,11H2,1H3,(H,20,21,22). The van der Waals surface area contributed by atoms with Crippen molar-refractivity contribution in [2.24, 2.45) is 0 Å². The van der Waals surface area contributed by atoms with Gasteiger partial charge in [-0.2, -0.15) is 0 Å². The number of ketones is 1. The van der Waals surface area contributed by atoms with Gasteiger partial charge in [0.05, 0.1) is 5.69 Å². The predicted octanol–water partition coefficient (Wildman–Crippen LogP) is 3.70. The summed E-state index contributed by atoms with van der Waals surface area (Å²) in [4.78, 5) is 28.3. The molecule has 0 atom stereocenters. The van der Waals surface area contributed by atoms with Gasteiger partial charge in [0.1, 0.15) is 5.75 Å². The molecule has 0 aliphatic carbocycles. The van der Waals surface area contributed by atoms with Crippen LogP contribution in [0.3, 0.4) is 0 Å². The molecule has 0 aliphatic rings. The second-order valence-corrected chi connectivity index (χ2v) is 6.21. The summed E-state index contributed by atoms with van der Waals surface area (Å²) < 4.78 is 5.44. The van der Waals surface area contributed by atoms with Crippen LogP contribution in [0.2, 0.25) is 0 Å². The Morgan fingerprint density at radius 3 is 2.36 bits per heavy atom. The number of ether oxygens (including phenoxy) is 1. The first-order chi connectivity index (χ1) is 12.1. The molecule has 1 heterocycles. The number of anilines is 1. The van der Waals surface area contributed by atoms with Gasteiger partial charge in [0.15, 0.2) is 17.5 Å². The van der Waals surface area contributed by atoms with Crippen LogP contribution in [0.1, 0.15) is 21.6 Å². The van der Waals surface area contributed by atoms with Crippen molar-refractivity contribution in [2.75, 3.05) is 11.9 Å². The second-order valence-electron chi connectivity index (χ2n) is 5.35. The number of carbonyl (C=O) groups excluding carboxylic acids is 2. The van der Waals surface area contributed by atoms with E-state index in [4.69, 9.17) is 4.74 Å². The van der Waals surface area contributed by atoms with Gasteiger partial charge >= 0.3 is 0 Å². The van der Waals surface area contributed by atoms with Gasteiger partial charge in [-0.25, -0.2) is 4.98 Å². The predicted molar refractivity (Wildman–Crippen MR) is 97.3 cm³/mol. The molecule has 3 rings (SSSR count). The highest BCUT2D eigenvalue weighted by molar-refractivity contribution is 7.13. The minimum Gasteiger partial charge on any atom is -0.484 e. The smallest absolute Gasteiger partial charge is 0.264 e. The molecule has 1 amide bonds. The highest BCUT2D eigenvalue weighted by atomic mass is 32.1. The van der Waals surface area contributed by atoms with Crippen molar-refractivity contribution >= 4 is 28.2 Å². The third kappa shape index (κ3) is 4.51. The molecule has 0 bridgehead atoms. The summed E-state index contributed by atoms with van der Waals surface area (Å²) in [6, 6.07) is 15.8. The number of aromatic nitrogens is 1. The molecule has 0 radical (unpaired) electrons. The van der Waals surface area contributed by atoms with E-state index in [1.165, 1.54) is 11.3 Å². The van der Waals surface area contributed by atoms with E-state index >= 15 is 0 Å². The summed E-state index contributed by atoms with van der Waals surface area (Å²) in [6.07, 6.45) is 0. The lowest BCUT2D eigenvalue weighted by atomic mass is 10.0. The lowest BCUT2D eigenvalue weighted by molar-refractivity contribution is -0.118. The Labute approximate surface area is 149 Å². The van der Waals surface area contributed by atoms with Gasteiger partial charge in [0.2, 0.25) is 0 Å². The van der Waals surface area contributed by atoms with Gasteiger partial charge in [-0.3, -0.25) is 14.9 Å². The number of thiazole rings is 1. The maximum Gasteiger partial charge on any atom is 0.264 e. The molecular weight excluding hydrogens is 336 g/mol. The highest BCUT2D eigenvalue weighted by Crippen LogP contribution is 2.16. The molecular formula is C19H16N2O3S. The molecule has 0 spiro atoms. The third-order valence-corrected chi connectivity index (χ3v) is 4.26. The number of amides is 1. The lowest BCUT2D eigenvalue weighted by Gasteiger charge is -2.07. The summed E-state index contributed by atoms with van der Waals surface area (Å²) >= 11 is 1.37. The average Bonchev–Trinajstić information content (AvgIpc) is 3.05. The Bertz CT molecular complexity index is 873. The first-order valence-electron chi connectivity index (χ1n) is 7.66. The van der Waals surface area contributed by atoms with Gasteiger partial charge in [-0.1, -0.05) is 30.3 Å². The molecule has 25 heavy (non-hydrogen) atoms. The summed E-state index contributed by atoms with van der Waals surface area (Å²) in [5.41, 5.74) is 2.07. The lowest BCUT2D eigenvalue weighted by Crippen LogP contribution is -2.20. The molecule has 2 aromatic carbocycles. The van der Waals surface area contributed by atoms with E-state index in [0.29, 0.717) is 22.0 Å². The number of aryl methyl sites for hydroxylation is 1. The largest absolute Gasteiger partial charge is 0.484 e. The summed E-state index contributed by atoms with van der Waals surface area (Å²) in [5.74, 6) is 0.193. The Morgan fingerprint density at radius 1 is 1.04 bits per heavy atom. The zero-order chi connectivity index (χ0) is 17.6. The van der Waals surface area contributed by atoms with Crippen LogP contribution in [0.4, 0.5) is 5.13 Å². The molecule has 0 saturated carbocycles. The third-order valence-electron chi connectivity index (χ3n) is 3.39. The fourth-order valence-electron chi connectivity index (χ4n) is 2.17. The summed E-state index contributed by atoms with van der Waals surface area (Å²) in [5, 5.41) is 5.08. The van der Waals surface area contributed by atoms with Crippen molar-refractivity contribution in [1.82, 2.24) is 4.98 Å². The maximum absolute atomic E-state index is 12.3. The molecule has 1 N–H and O–H groups in total. The van der Waals surface area contributed by atoms with Gasteiger partial charge in [0.25, 0.3) is 5.91 Å². The number of nitrogens with one attached hydrogen (secondary N) is 1. The van der Waals surface area contributed by atoms with Crippen molar-refractivity contribution in [3.05, 3.63) is 76.8 Å². The van der Waals surface area contributed by atoms with Gasteiger partial charge < -0.3 is 4.74 Å². The topological polar surface area (TPSA) is 68.3 Å². The molecule has 1 aromatic heterocycles. The van der Waals surface area contributed by atoms with Crippen LogP contribution in [0.25, 0.3) is 0 Å². The number of benzene rings is 2. The molecule has 0 unspecified atom stereocenters. The van der Waals surface area contributed by atoms with E-state index in [1.54, 1.807) is 36.4 Å². The zero-order valence-electron chi connectivity index (χ0n) is 13.6. The Kier molecular flexibility index (Phi) is 5.20. The monoisotopic (exact) mass is 352 g/mol. The van der Waals surface area contributed by atoms with E-state index in [0.717, 1.165) is 5.69 Å². The molecule has 0 aliphatic heterocycles. The number of rotatable bonds is 6. The second kappa shape index (κ2) is 7.72. The fourth-order valence-corrected chi connectivity index (χ4v) is 2.88. The van der Waals surface area contributed by atoms with Crippen LogP contribution >= 0.6 is 11.3 Å². The van der Waals surface area contributed by atoms with Gasteiger partial charge in [-0.15, -0.1) is 11.3 Å². The Morgan fingerprint density at radius 2 is 1.72 bits per heavy atom. The van der Waals surface area contributed by atoms with Crippen LogP contribution in [0.15, 0.2) is 60.0 Å². The van der Waals surface area contributed by atoms with Crippen LogP contribution in [0.5, 0.6) is 5.75 Å². The molecule has 3 aromatic rings. The Balaban J connectivity index is 1.55. The number of hydrogen-bond donors (Lipinski definition) is 1. The van der Waals surface area contributed by atoms with Crippen molar-refractivity contribution in [1.29, 1.82) is 0 Å². The van der Waals surface area contributed by atoms with Crippen LogP contribution in [-0.4, -0.2) is 23.3 Å². The van der Waals surface area contributed by atoms with Crippen molar-refractivity contribution in [2.45, 2.75) is 6.92 Å². The van der Waals surface area contributed by atoms with E-state index in [1.807, 2.05) is 30.5 Å². The first kappa shape index (κ1) is 16.9. The summed E-state index contributed by atoms with van der Waals surface area (Å²) in [6.45, 7) is 1.74. The quantitative estimate of drug-likeness (QED) is 0.687. The van der Waals surface area contributed by atoms with Gasteiger partial charge in [-0.05, 0) is 31.2 Å². The number of hydrogen-bond acceptors (Lipinski definition) is 5. The summed E-state index contributed by atoms with van der Waals surface area (Å²) in [7, 11) is 0. The van der Waals surface area contributed by atoms with Crippen molar-refractivity contribution in [3.8, 4) is 5.75 Å². The number of carbonyl (C=O) groups is 2. The molecule has 126 valence electrons. The number of nitrogens with zero attached hydrogens (tertiary/aromatic N) is 1. The zero-order valence-corrected chi connectivity index (χ0v) is 14.4. The van der Waals surface area contributed by atoms with Crippen molar-refractivity contribution < 1.29 is 14.3 Å². The Hall–Kier alpha value is -2.99. The van der Waals surface area contributed by atoms with Crippen molar-refractivity contribution in [3.63, 3.8) is 0 Å². The minimum atomic E-state index is -0.279. The van der Waals surface area contributed by atoms with E-state index in [9.17, 15) is 9.59 Å². The normalized spacial score (nSPS) is 10.3. The molecule has 5 nitrogen and oxygen atoms in total. The first-order valence-corrected chi connectivity index (χ1v) is 8.54. The van der Waals surface area contributed by atoms with Gasteiger partial charge in [0, 0.05) is 16.5 Å².